The third-order valence-corrected chi connectivity index (χ3v) is 5.88. The Bertz CT molecular complexity index is 913. The van der Waals surface area contributed by atoms with E-state index in [1.807, 2.05) is 19.1 Å². The molecule has 0 atom stereocenters. The molecule has 0 spiro atoms. The van der Waals surface area contributed by atoms with Crippen LogP contribution in [0.15, 0.2) is 17.8 Å². The van der Waals surface area contributed by atoms with Gasteiger partial charge in [-0.3, -0.25) is 0 Å². The van der Waals surface area contributed by atoms with Crippen LogP contribution in [-0.4, -0.2) is 49.9 Å². The van der Waals surface area contributed by atoms with E-state index >= 15 is 0 Å². The first-order valence-corrected chi connectivity index (χ1v) is 11.1. The number of hydrazine groups is 1. The fourth-order valence-corrected chi connectivity index (χ4v) is 3.83. The summed E-state index contributed by atoms with van der Waals surface area (Å²) in [5.41, 5.74) is 9.10. The fourth-order valence-electron chi connectivity index (χ4n) is 3.83. The van der Waals surface area contributed by atoms with Crippen LogP contribution in [0.2, 0.25) is 0 Å². The number of ether oxygens (including phenoxy) is 1. The minimum atomic E-state index is 0.281. The largest absolute Gasteiger partial charge is 0.489 e. The number of hydrogen-bond donors (Lipinski definition) is 3. The van der Waals surface area contributed by atoms with Gasteiger partial charge < -0.3 is 20.8 Å². The van der Waals surface area contributed by atoms with Crippen molar-refractivity contribution in [2.45, 2.75) is 64.5 Å². The topological polar surface area (TPSA) is 133 Å². The quantitative estimate of drug-likeness (QED) is 0.406. The highest BCUT2D eigenvalue weighted by Crippen LogP contribution is 2.30. The Kier molecular flexibility index (Phi) is 6.55. The predicted molar refractivity (Wildman–Crippen MR) is 119 cm³/mol. The Morgan fingerprint density at radius 3 is 2.68 bits per heavy atom. The van der Waals surface area contributed by atoms with Gasteiger partial charge in [-0.05, 0) is 68.7 Å². The van der Waals surface area contributed by atoms with Crippen LogP contribution in [0.25, 0.3) is 5.70 Å². The first kappa shape index (κ1) is 21.4. The van der Waals surface area contributed by atoms with Crippen molar-refractivity contribution in [2.24, 2.45) is 17.5 Å². The molecule has 168 valence electrons. The fraction of sp³-hybridized carbons (Fsp3) is 0.619. The van der Waals surface area contributed by atoms with Gasteiger partial charge in [-0.15, -0.1) is 5.10 Å². The van der Waals surface area contributed by atoms with Crippen LogP contribution in [0.4, 0.5) is 5.95 Å². The number of anilines is 1. The summed E-state index contributed by atoms with van der Waals surface area (Å²) in [4.78, 5) is 6.31. The molecule has 2 aromatic rings. The van der Waals surface area contributed by atoms with Crippen LogP contribution >= 0.6 is 0 Å². The maximum absolute atomic E-state index is 6.44. The zero-order valence-electron chi connectivity index (χ0n) is 18.4. The van der Waals surface area contributed by atoms with Crippen LogP contribution in [0, 0.1) is 12.8 Å². The van der Waals surface area contributed by atoms with E-state index in [-0.39, 0.29) is 6.10 Å². The van der Waals surface area contributed by atoms with Gasteiger partial charge in [0.25, 0.3) is 5.95 Å². The molecule has 0 saturated heterocycles. The third-order valence-electron chi connectivity index (χ3n) is 5.88. The minimum Gasteiger partial charge on any atom is -0.489 e. The number of likely N-dealkylation sites (N-methyl/N-ethyl adjacent to an activating group) is 1. The average molecular weight is 428 g/mol. The Labute approximate surface area is 183 Å². The predicted octanol–water partition coefficient (Wildman–Crippen LogP) is 2.04. The monoisotopic (exact) mass is 427 g/mol. The minimum absolute atomic E-state index is 0.281. The molecule has 2 heterocycles. The van der Waals surface area contributed by atoms with Crippen molar-refractivity contribution in [3.05, 3.63) is 29.2 Å². The van der Waals surface area contributed by atoms with Gasteiger partial charge in [0.05, 0.1) is 42.0 Å². The lowest BCUT2D eigenvalue weighted by molar-refractivity contribution is 0.153. The highest BCUT2D eigenvalue weighted by atomic mass is 16.5. The molecule has 10 heteroatoms. The number of nitrogens with zero attached hydrogens (tertiary/aromatic N) is 6. The first-order chi connectivity index (χ1) is 15.0. The molecule has 0 aliphatic heterocycles. The summed E-state index contributed by atoms with van der Waals surface area (Å²) < 4.78 is 6.18. The number of pyridine rings is 1. The van der Waals surface area contributed by atoms with Crippen molar-refractivity contribution >= 4 is 11.6 Å². The molecule has 2 aliphatic carbocycles. The molecule has 2 aromatic heterocycles. The molecule has 2 fully saturated rings. The average Bonchev–Trinajstić information content (AvgIpc) is 3.46. The lowest BCUT2D eigenvalue weighted by Crippen LogP contribution is -2.32. The normalized spacial score (nSPS) is 17.9. The smallest absolute Gasteiger partial charge is 0.263 e. The zero-order valence-corrected chi connectivity index (χ0v) is 18.4. The van der Waals surface area contributed by atoms with Gasteiger partial charge in [-0.1, -0.05) is 11.5 Å². The van der Waals surface area contributed by atoms with Crippen molar-refractivity contribution in [1.29, 1.82) is 0 Å². The molecule has 0 unspecified atom stereocenters. The molecular formula is C21H33N9O. The molecule has 0 radical (unpaired) electrons. The van der Waals surface area contributed by atoms with Gasteiger partial charge in [0.15, 0.2) is 0 Å². The van der Waals surface area contributed by atoms with Crippen molar-refractivity contribution in [3.8, 4) is 5.75 Å². The van der Waals surface area contributed by atoms with E-state index < -0.39 is 0 Å². The highest BCUT2D eigenvalue weighted by Gasteiger charge is 2.23. The maximum atomic E-state index is 6.44. The van der Waals surface area contributed by atoms with Crippen molar-refractivity contribution in [2.75, 3.05) is 18.9 Å². The lowest BCUT2D eigenvalue weighted by Gasteiger charge is -2.24. The number of aromatic nitrogens is 5. The summed E-state index contributed by atoms with van der Waals surface area (Å²) in [6, 6.07) is 3.83. The number of tetrazole rings is 1. The Hall–Kier alpha value is -2.88. The van der Waals surface area contributed by atoms with Crippen LogP contribution < -0.4 is 21.6 Å². The Morgan fingerprint density at radius 1 is 1.23 bits per heavy atom. The number of nitrogens with one attached hydrogen (secondary N) is 1. The first-order valence-electron chi connectivity index (χ1n) is 11.1. The van der Waals surface area contributed by atoms with E-state index in [0.717, 1.165) is 30.8 Å². The number of hydrogen-bond acceptors (Lipinski definition) is 9. The van der Waals surface area contributed by atoms with Gasteiger partial charge in [0.2, 0.25) is 0 Å². The molecule has 2 aliphatic rings. The van der Waals surface area contributed by atoms with Gasteiger partial charge >= 0.3 is 0 Å². The van der Waals surface area contributed by atoms with Crippen LogP contribution in [0.3, 0.4) is 0 Å². The molecule has 5 N–H and O–H groups in total. The summed E-state index contributed by atoms with van der Waals surface area (Å²) in [5.74, 6) is 8.01. The Morgan fingerprint density at radius 2 is 2.00 bits per heavy atom. The van der Waals surface area contributed by atoms with E-state index in [2.05, 4.69) is 25.7 Å². The summed E-state index contributed by atoms with van der Waals surface area (Å²) in [5, 5.41) is 17.1. The van der Waals surface area contributed by atoms with Gasteiger partial charge in [-0.2, -0.15) is 4.80 Å². The zero-order chi connectivity index (χ0) is 21.8. The molecule has 0 amide bonds. The molecule has 0 aromatic carbocycles. The highest BCUT2D eigenvalue weighted by molar-refractivity contribution is 5.64. The molecule has 2 saturated carbocycles. The second-order valence-corrected chi connectivity index (χ2v) is 8.59. The van der Waals surface area contributed by atoms with Crippen LogP contribution in [-0.2, 0) is 6.54 Å². The van der Waals surface area contributed by atoms with Gasteiger partial charge in [0, 0.05) is 7.05 Å². The van der Waals surface area contributed by atoms with Gasteiger partial charge in [0.1, 0.15) is 5.75 Å². The third kappa shape index (κ3) is 5.63. The van der Waals surface area contributed by atoms with Crippen molar-refractivity contribution in [3.63, 3.8) is 0 Å². The second kappa shape index (κ2) is 9.51. The molecule has 0 bridgehead atoms. The summed E-state index contributed by atoms with van der Waals surface area (Å²) >= 11 is 0. The molecule has 10 nitrogen and oxygen atoms in total. The summed E-state index contributed by atoms with van der Waals surface area (Å²) in [7, 11) is 1.74. The number of rotatable bonds is 9. The van der Waals surface area contributed by atoms with E-state index in [4.69, 9.17) is 16.3 Å². The van der Waals surface area contributed by atoms with Crippen LogP contribution in [0.1, 0.15) is 56.3 Å². The van der Waals surface area contributed by atoms with E-state index in [1.165, 1.54) is 37.1 Å². The number of aryl methyl sites for hydroxylation is 1. The van der Waals surface area contributed by atoms with E-state index in [9.17, 15) is 0 Å². The van der Waals surface area contributed by atoms with E-state index in [0.29, 0.717) is 35.5 Å². The Balaban J connectivity index is 1.43. The standard InChI is InChI=1S/C21H33N9O/c1-14-19(31-16-6-4-3-5-7-16)11-10-17(25-14)20(22)18(29(2)23)12-24-21-26-28-30(27-21)13-15-8-9-15/h10-11,15-16H,3-9,12-13,22-23H2,1-2H3,(H,24,27)/b20-18-. The molecule has 4 rings (SSSR count). The maximum Gasteiger partial charge on any atom is 0.263 e. The summed E-state index contributed by atoms with van der Waals surface area (Å²) in [6.45, 7) is 3.12. The summed E-state index contributed by atoms with van der Waals surface area (Å²) in [6.07, 6.45) is 8.73. The second-order valence-electron chi connectivity index (χ2n) is 8.59. The van der Waals surface area contributed by atoms with Crippen LogP contribution in [0.5, 0.6) is 5.75 Å². The van der Waals surface area contributed by atoms with Crippen molar-refractivity contribution < 1.29 is 4.74 Å². The van der Waals surface area contributed by atoms with Gasteiger partial charge in [-0.25, -0.2) is 10.8 Å². The molecular weight excluding hydrogens is 394 g/mol. The SMILES string of the molecule is Cc1nc(/C(N)=C(\CNc2nnn(CC3CC3)n2)N(C)N)ccc1OC1CCCCC1. The van der Waals surface area contributed by atoms with E-state index in [1.54, 1.807) is 11.8 Å². The molecule has 31 heavy (non-hydrogen) atoms. The van der Waals surface area contributed by atoms with Crippen molar-refractivity contribution in [1.82, 2.24) is 30.2 Å². The number of nitrogens with two attached hydrogens (primary N) is 2. The lowest BCUT2D eigenvalue weighted by atomic mass is 9.98.